The van der Waals surface area contributed by atoms with Gasteiger partial charge in [-0.25, -0.2) is 0 Å². The van der Waals surface area contributed by atoms with E-state index in [9.17, 15) is 0 Å². The number of aromatic nitrogens is 2. The smallest absolute Gasteiger partial charge is 0.0497 e. The van der Waals surface area contributed by atoms with Crippen molar-refractivity contribution in [3.63, 3.8) is 0 Å². The topological polar surface area (TPSA) is 9.86 Å². The Hall–Kier alpha value is -7.16. The molecule has 0 spiro atoms. The molecule has 12 aromatic rings. The van der Waals surface area contributed by atoms with Crippen LogP contribution < -0.4 is 0 Å². The number of aryl methyl sites for hydroxylation is 2. The van der Waals surface area contributed by atoms with Crippen LogP contribution in [0.2, 0.25) is 0 Å². The molecule has 0 atom stereocenters. The van der Waals surface area contributed by atoms with Crippen LogP contribution in [0.3, 0.4) is 0 Å². The summed E-state index contributed by atoms with van der Waals surface area (Å²) in [5.74, 6) is 0. The van der Waals surface area contributed by atoms with Gasteiger partial charge in [-0.05, 0) is 127 Å². The van der Waals surface area contributed by atoms with E-state index in [0.717, 1.165) is 13.1 Å². The Morgan fingerprint density at radius 2 is 0.655 bits per heavy atom. The van der Waals surface area contributed by atoms with Gasteiger partial charge >= 0.3 is 0 Å². The first-order chi connectivity index (χ1) is 28.7. The van der Waals surface area contributed by atoms with Crippen LogP contribution in [0.5, 0.6) is 0 Å². The van der Waals surface area contributed by atoms with Gasteiger partial charge in [0.2, 0.25) is 0 Å². The molecule has 0 saturated carbocycles. The molecule has 0 amide bonds. The molecule has 0 bridgehead atoms. The maximum Gasteiger partial charge on any atom is 0.0497 e. The summed E-state index contributed by atoms with van der Waals surface area (Å²) >= 11 is 0. The Labute approximate surface area is 336 Å². The van der Waals surface area contributed by atoms with Gasteiger partial charge in [0.15, 0.2) is 0 Å². The van der Waals surface area contributed by atoms with Crippen LogP contribution >= 0.6 is 0 Å². The Balaban J connectivity index is 1.29. The van der Waals surface area contributed by atoms with E-state index in [0.29, 0.717) is 0 Å². The number of para-hydroxylation sites is 2. The summed E-state index contributed by atoms with van der Waals surface area (Å²) in [5.41, 5.74) is 12.7. The highest BCUT2D eigenvalue weighted by molar-refractivity contribution is 6.28. The highest BCUT2D eigenvalue weighted by Crippen LogP contribution is 2.49. The maximum atomic E-state index is 2.52. The first-order valence-electron chi connectivity index (χ1n) is 20.6. The molecular weight excluding hydrogens is 701 g/mol. The van der Waals surface area contributed by atoms with Gasteiger partial charge in [-0.1, -0.05) is 146 Å². The van der Waals surface area contributed by atoms with Gasteiger partial charge in [-0.15, -0.1) is 0 Å². The van der Waals surface area contributed by atoms with Crippen LogP contribution in [0.15, 0.2) is 182 Å². The predicted molar refractivity (Wildman–Crippen MR) is 250 cm³/mol. The van der Waals surface area contributed by atoms with Crippen molar-refractivity contribution in [1.29, 1.82) is 0 Å². The Bertz CT molecular complexity index is 3420. The third-order valence-corrected chi connectivity index (χ3v) is 12.9. The van der Waals surface area contributed by atoms with Gasteiger partial charge in [0, 0.05) is 56.7 Å². The predicted octanol–water partition coefficient (Wildman–Crippen LogP) is 15.6. The van der Waals surface area contributed by atoms with Crippen molar-refractivity contribution in [2.45, 2.75) is 26.9 Å². The van der Waals surface area contributed by atoms with Gasteiger partial charge in [0.05, 0.1) is 0 Å². The summed E-state index contributed by atoms with van der Waals surface area (Å²) < 4.78 is 4.93. The third kappa shape index (κ3) is 4.54. The number of hydrogen-bond acceptors (Lipinski definition) is 0. The van der Waals surface area contributed by atoms with Crippen LogP contribution in [-0.4, -0.2) is 9.13 Å². The summed E-state index contributed by atoms with van der Waals surface area (Å²) in [7, 11) is 0. The lowest BCUT2D eigenvalue weighted by Gasteiger charge is -2.20. The van der Waals surface area contributed by atoms with Crippen LogP contribution in [0, 0.1) is 0 Å². The molecule has 12 rings (SSSR count). The molecule has 2 heterocycles. The summed E-state index contributed by atoms with van der Waals surface area (Å²) in [6.07, 6.45) is 0. The van der Waals surface area contributed by atoms with E-state index in [-0.39, 0.29) is 0 Å². The van der Waals surface area contributed by atoms with Crippen LogP contribution in [0.4, 0.5) is 0 Å². The number of fused-ring (bicyclic) bond motifs is 10. The van der Waals surface area contributed by atoms with E-state index < -0.39 is 0 Å². The zero-order chi connectivity index (χ0) is 38.5. The Kier molecular flexibility index (Phi) is 7.22. The van der Waals surface area contributed by atoms with E-state index >= 15 is 0 Å². The standard InChI is InChI=1S/C56H40N2/c1-3-57-49-29-11-9-21-45(49)53-41(27-15-31-51(53)57)39-23-13-25-43-47(39)34-48-40(42-28-16-32-52-54(42)46-22-10-12-30-50(46)58(52)4-2)24-14-26-44(48)56(43)55-37-19-7-5-17-35(37)33-36-18-6-8-20-38(36)55/h5-34H,3-4H2,1-2H3. The number of hydrogen-bond donors (Lipinski definition) is 0. The van der Waals surface area contributed by atoms with Crippen molar-refractivity contribution in [3.8, 4) is 33.4 Å². The molecule has 0 unspecified atom stereocenters. The van der Waals surface area contributed by atoms with Crippen molar-refractivity contribution < 1.29 is 0 Å². The van der Waals surface area contributed by atoms with E-state index in [1.165, 1.54) is 120 Å². The van der Waals surface area contributed by atoms with Gasteiger partial charge in [-0.2, -0.15) is 0 Å². The van der Waals surface area contributed by atoms with E-state index in [2.05, 4.69) is 205 Å². The van der Waals surface area contributed by atoms with Crippen molar-refractivity contribution in [2.75, 3.05) is 0 Å². The largest absolute Gasteiger partial charge is 0.341 e. The lowest BCUT2D eigenvalue weighted by Crippen LogP contribution is -1.94. The van der Waals surface area contributed by atoms with E-state index in [1.807, 2.05) is 0 Å². The maximum absolute atomic E-state index is 2.52. The second kappa shape index (κ2) is 12.7. The van der Waals surface area contributed by atoms with Crippen molar-refractivity contribution >= 4 is 86.7 Å². The second-order valence-electron chi connectivity index (χ2n) is 15.7. The average Bonchev–Trinajstić information content (AvgIpc) is 3.79. The molecule has 0 aliphatic carbocycles. The quantitative estimate of drug-likeness (QED) is 0.156. The number of rotatable bonds is 5. The molecule has 10 aromatic carbocycles. The van der Waals surface area contributed by atoms with E-state index in [1.54, 1.807) is 0 Å². The zero-order valence-electron chi connectivity index (χ0n) is 32.6. The van der Waals surface area contributed by atoms with Crippen molar-refractivity contribution in [3.05, 3.63) is 182 Å². The highest BCUT2D eigenvalue weighted by atomic mass is 15.0. The first kappa shape index (κ1) is 33.0. The molecular formula is C56H40N2. The minimum Gasteiger partial charge on any atom is -0.341 e. The van der Waals surface area contributed by atoms with Gasteiger partial charge < -0.3 is 9.13 Å². The summed E-state index contributed by atoms with van der Waals surface area (Å²) in [5, 5.41) is 15.3. The summed E-state index contributed by atoms with van der Waals surface area (Å²) in [6, 6.07) is 68.3. The minimum atomic E-state index is 0.912. The van der Waals surface area contributed by atoms with Crippen LogP contribution in [0.1, 0.15) is 13.8 Å². The van der Waals surface area contributed by atoms with Crippen LogP contribution in [-0.2, 0) is 13.1 Å². The fourth-order valence-corrected chi connectivity index (χ4v) is 10.5. The average molecular weight is 741 g/mol. The highest BCUT2D eigenvalue weighted by Gasteiger charge is 2.23. The lowest BCUT2D eigenvalue weighted by molar-refractivity contribution is 0.827. The molecule has 274 valence electrons. The molecule has 0 N–H and O–H groups in total. The van der Waals surface area contributed by atoms with Gasteiger partial charge in [0.25, 0.3) is 0 Å². The number of nitrogens with zero attached hydrogens (tertiary/aromatic N) is 2. The third-order valence-electron chi connectivity index (χ3n) is 12.9. The summed E-state index contributed by atoms with van der Waals surface area (Å²) in [4.78, 5) is 0. The van der Waals surface area contributed by atoms with Gasteiger partial charge in [0.1, 0.15) is 0 Å². The number of benzene rings is 10. The molecule has 58 heavy (non-hydrogen) atoms. The van der Waals surface area contributed by atoms with Crippen molar-refractivity contribution in [1.82, 2.24) is 9.13 Å². The van der Waals surface area contributed by atoms with Crippen molar-refractivity contribution in [2.24, 2.45) is 0 Å². The lowest BCUT2D eigenvalue weighted by atomic mass is 9.82. The fourth-order valence-electron chi connectivity index (χ4n) is 10.5. The molecule has 2 aromatic heterocycles. The minimum absolute atomic E-state index is 0.912. The Morgan fingerprint density at radius 3 is 1.14 bits per heavy atom. The molecule has 0 aliphatic heterocycles. The second-order valence-corrected chi connectivity index (χ2v) is 15.7. The van der Waals surface area contributed by atoms with Gasteiger partial charge in [-0.3, -0.25) is 0 Å². The van der Waals surface area contributed by atoms with E-state index in [4.69, 9.17) is 0 Å². The van der Waals surface area contributed by atoms with Crippen LogP contribution in [0.25, 0.3) is 120 Å². The molecule has 2 nitrogen and oxygen atoms in total. The molecule has 2 heteroatoms. The molecule has 0 radical (unpaired) electrons. The molecule has 0 fully saturated rings. The fraction of sp³-hybridized carbons (Fsp3) is 0.0714. The Morgan fingerprint density at radius 1 is 0.293 bits per heavy atom. The first-order valence-corrected chi connectivity index (χ1v) is 20.6. The molecule has 0 saturated heterocycles. The SMILES string of the molecule is CCn1c2ccccc2c2c(-c3cccc4c(-c5c6ccccc6cc6ccccc56)c5cccc(-c6cccc7c6c6ccccc6n7CC)c5cc34)cccc21. The monoisotopic (exact) mass is 740 g/mol. The summed E-state index contributed by atoms with van der Waals surface area (Å²) in [6.45, 7) is 6.33. The molecule has 0 aliphatic rings. The normalized spacial score (nSPS) is 12.1. The zero-order valence-corrected chi connectivity index (χ0v) is 32.6.